The van der Waals surface area contributed by atoms with Gasteiger partial charge in [-0.05, 0) is 50.3 Å². The van der Waals surface area contributed by atoms with Gasteiger partial charge in [0.25, 0.3) is 5.91 Å². The normalized spacial score (nSPS) is 25.4. The standard InChI is InChI=1S/C19H22BrNO4/c1-11-5-6-15(9-16(11)20)21-17(22)10-25-19(24)14-7-12-3-2-4-13(8-14)18(12)23/h5-6,9,12-14H,2-4,7-8,10H2,1H3,(H,21,22)/t12-,13+,14?. The van der Waals surface area contributed by atoms with Crippen molar-refractivity contribution in [2.45, 2.75) is 39.0 Å². The van der Waals surface area contributed by atoms with E-state index in [9.17, 15) is 14.4 Å². The highest BCUT2D eigenvalue weighted by atomic mass is 79.9. The summed E-state index contributed by atoms with van der Waals surface area (Å²) in [5.41, 5.74) is 1.72. The van der Waals surface area contributed by atoms with Crippen LogP contribution in [0.15, 0.2) is 22.7 Å². The van der Waals surface area contributed by atoms with E-state index in [-0.39, 0.29) is 36.2 Å². The lowest BCUT2D eigenvalue weighted by atomic mass is 9.67. The third-order valence-corrected chi connectivity index (χ3v) is 6.04. The Bertz CT molecular complexity index is 687. The fourth-order valence-corrected chi connectivity index (χ4v) is 4.17. The summed E-state index contributed by atoms with van der Waals surface area (Å²) in [5.74, 6) is -0.652. The summed E-state index contributed by atoms with van der Waals surface area (Å²) in [4.78, 5) is 36.3. The molecule has 0 radical (unpaired) electrons. The van der Waals surface area contributed by atoms with Crippen molar-refractivity contribution in [3.63, 3.8) is 0 Å². The van der Waals surface area contributed by atoms with Gasteiger partial charge in [0.05, 0.1) is 5.92 Å². The Morgan fingerprint density at radius 3 is 2.56 bits per heavy atom. The molecule has 2 fully saturated rings. The smallest absolute Gasteiger partial charge is 0.309 e. The Labute approximate surface area is 155 Å². The van der Waals surface area contributed by atoms with Gasteiger partial charge in [-0.3, -0.25) is 14.4 Å². The van der Waals surface area contributed by atoms with Crippen LogP contribution in [-0.2, 0) is 19.1 Å². The zero-order valence-corrected chi connectivity index (χ0v) is 15.8. The van der Waals surface area contributed by atoms with Gasteiger partial charge in [0.1, 0.15) is 5.78 Å². The number of halogens is 1. The van der Waals surface area contributed by atoms with E-state index in [1.807, 2.05) is 19.1 Å². The van der Waals surface area contributed by atoms with Crippen molar-refractivity contribution < 1.29 is 19.1 Å². The maximum atomic E-state index is 12.3. The fraction of sp³-hybridized carbons (Fsp3) is 0.526. The van der Waals surface area contributed by atoms with Gasteiger partial charge in [0.2, 0.25) is 0 Å². The first kappa shape index (κ1) is 18.1. The van der Waals surface area contributed by atoms with Gasteiger partial charge in [0.15, 0.2) is 6.61 Å². The first-order valence-corrected chi connectivity index (χ1v) is 9.49. The van der Waals surface area contributed by atoms with Crippen LogP contribution < -0.4 is 5.32 Å². The van der Waals surface area contributed by atoms with E-state index in [1.54, 1.807) is 6.07 Å². The van der Waals surface area contributed by atoms with E-state index < -0.39 is 0 Å². The highest BCUT2D eigenvalue weighted by molar-refractivity contribution is 9.10. The van der Waals surface area contributed by atoms with Gasteiger partial charge < -0.3 is 10.1 Å². The van der Waals surface area contributed by atoms with Crippen molar-refractivity contribution in [3.05, 3.63) is 28.2 Å². The Morgan fingerprint density at radius 2 is 1.92 bits per heavy atom. The van der Waals surface area contributed by atoms with Gasteiger partial charge in [-0.2, -0.15) is 0 Å². The number of rotatable bonds is 4. The van der Waals surface area contributed by atoms with Gasteiger partial charge in [-0.25, -0.2) is 0 Å². The topological polar surface area (TPSA) is 72.5 Å². The average Bonchev–Trinajstić information content (AvgIpc) is 2.56. The minimum atomic E-state index is -0.365. The van der Waals surface area contributed by atoms with Crippen molar-refractivity contribution in [2.75, 3.05) is 11.9 Å². The lowest BCUT2D eigenvalue weighted by molar-refractivity contribution is -0.155. The third-order valence-electron chi connectivity index (χ3n) is 5.18. The lowest BCUT2D eigenvalue weighted by Gasteiger charge is -2.36. The fourth-order valence-electron chi connectivity index (χ4n) is 3.79. The SMILES string of the molecule is Cc1ccc(NC(=O)COC(=O)C2C[C@H]3CCC[C@@H](C2)C3=O)cc1Br. The third kappa shape index (κ3) is 4.29. The van der Waals surface area contributed by atoms with E-state index in [4.69, 9.17) is 4.74 Å². The molecule has 25 heavy (non-hydrogen) atoms. The molecule has 1 N–H and O–H groups in total. The molecule has 2 aliphatic rings. The number of ketones is 1. The predicted octanol–water partition coefficient (Wildman–Crippen LogP) is 3.63. The van der Waals surface area contributed by atoms with Crippen LogP contribution in [0.5, 0.6) is 0 Å². The summed E-state index contributed by atoms with van der Waals surface area (Å²) < 4.78 is 6.10. The number of fused-ring (bicyclic) bond motifs is 2. The molecule has 1 aromatic rings. The molecule has 6 heteroatoms. The molecule has 3 rings (SSSR count). The van der Waals surface area contributed by atoms with E-state index in [0.717, 1.165) is 29.3 Å². The monoisotopic (exact) mass is 407 g/mol. The summed E-state index contributed by atoms with van der Waals surface area (Å²) in [6, 6.07) is 5.50. The molecule has 3 atom stereocenters. The zero-order valence-electron chi connectivity index (χ0n) is 14.2. The molecule has 2 aliphatic carbocycles. The van der Waals surface area contributed by atoms with Gasteiger partial charge in [0, 0.05) is 22.0 Å². The second-order valence-corrected chi connectivity index (χ2v) is 7.87. The second kappa shape index (κ2) is 7.68. The van der Waals surface area contributed by atoms with Gasteiger partial charge >= 0.3 is 5.97 Å². The van der Waals surface area contributed by atoms with Gasteiger partial charge in [-0.15, -0.1) is 0 Å². The Kier molecular flexibility index (Phi) is 5.57. The van der Waals surface area contributed by atoms with Crippen molar-refractivity contribution in [2.24, 2.45) is 17.8 Å². The van der Waals surface area contributed by atoms with Crippen LogP contribution in [0.25, 0.3) is 0 Å². The first-order valence-electron chi connectivity index (χ1n) is 8.70. The molecular weight excluding hydrogens is 386 g/mol. The number of hydrogen-bond donors (Lipinski definition) is 1. The molecule has 0 spiro atoms. The van der Waals surface area contributed by atoms with E-state index in [0.29, 0.717) is 24.3 Å². The summed E-state index contributed by atoms with van der Waals surface area (Å²) in [6.07, 6.45) is 3.96. The van der Waals surface area contributed by atoms with Crippen molar-refractivity contribution in [3.8, 4) is 0 Å². The summed E-state index contributed by atoms with van der Waals surface area (Å²) in [6.45, 7) is 1.66. The maximum Gasteiger partial charge on any atom is 0.309 e. The summed E-state index contributed by atoms with van der Waals surface area (Å²) in [5, 5.41) is 2.71. The lowest BCUT2D eigenvalue weighted by Crippen LogP contribution is -2.40. The van der Waals surface area contributed by atoms with Crippen LogP contribution in [-0.4, -0.2) is 24.3 Å². The minimum absolute atomic E-state index is 0.00350. The molecule has 0 aliphatic heterocycles. The number of ether oxygens (including phenoxy) is 1. The van der Waals surface area contributed by atoms with Crippen LogP contribution in [0.3, 0.4) is 0 Å². The first-order chi connectivity index (χ1) is 11.9. The van der Waals surface area contributed by atoms with E-state index in [1.165, 1.54) is 0 Å². The van der Waals surface area contributed by atoms with Crippen molar-refractivity contribution in [1.82, 2.24) is 0 Å². The van der Waals surface area contributed by atoms with Gasteiger partial charge in [-0.1, -0.05) is 28.4 Å². The summed E-state index contributed by atoms with van der Waals surface area (Å²) >= 11 is 3.41. The quantitative estimate of drug-likeness (QED) is 0.773. The van der Waals surface area contributed by atoms with E-state index >= 15 is 0 Å². The molecular formula is C19H22BrNO4. The molecule has 1 amide bonds. The number of carbonyl (C=O) groups is 3. The Hall–Kier alpha value is -1.69. The number of Topliss-reactive ketones (excluding diaryl/α,β-unsaturated/α-hetero) is 1. The number of amides is 1. The maximum absolute atomic E-state index is 12.3. The number of benzene rings is 1. The largest absolute Gasteiger partial charge is 0.455 e. The highest BCUT2D eigenvalue weighted by Crippen LogP contribution is 2.40. The minimum Gasteiger partial charge on any atom is -0.455 e. The molecule has 2 bridgehead atoms. The molecule has 1 aromatic carbocycles. The molecule has 5 nitrogen and oxygen atoms in total. The number of aryl methyl sites for hydroxylation is 1. The van der Waals surface area contributed by atoms with Crippen molar-refractivity contribution >= 4 is 39.3 Å². The average molecular weight is 408 g/mol. The number of esters is 1. The number of carbonyl (C=O) groups excluding carboxylic acids is 3. The van der Waals surface area contributed by atoms with E-state index in [2.05, 4.69) is 21.2 Å². The zero-order chi connectivity index (χ0) is 18.0. The Morgan fingerprint density at radius 1 is 1.24 bits per heavy atom. The molecule has 0 aromatic heterocycles. The summed E-state index contributed by atoms with van der Waals surface area (Å²) in [7, 11) is 0. The number of anilines is 1. The highest BCUT2D eigenvalue weighted by Gasteiger charge is 2.41. The number of hydrogen-bond acceptors (Lipinski definition) is 4. The van der Waals surface area contributed by atoms with Crippen LogP contribution in [0.2, 0.25) is 0 Å². The van der Waals surface area contributed by atoms with Crippen LogP contribution in [0.1, 0.15) is 37.7 Å². The van der Waals surface area contributed by atoms with Crippen LogP contribution in [0, 0.1) is 24.7 Å². The second-order valence-electron chi connectivity index (χ2n) is 7.02. The van der Waals surface area contributed by atoms with Crippen LogP contribution in [0.4, 0.5) is 5.69 Å². The molecule has 0 saturated heterocycles. The molecule has 0 heterocycles. The molecule has 2 saturated carbocycles. The molecule has 1 unspecified atom stereocenters. The Balaban J connectivity index is 1.49. The van der Waals surface area contributed by atoms with Crippen LogP contribution >= 0.6 is 15.9 Å². The predicted molar refractivity (Wildman–Crippen MR) is 97.0 cm³/mol. The molecule has 134 valence electrons. The number of nitrogens with one attached hydrogen (secondary N) is 1. The van der Waals surface area contributed by atoms with Crippen molar-refractivity contribution in [1.29, 1.82) is 0 Å².